The Morgan fingerprint density at radius 1 is 0.690 bits per heavy atom. The number of fused-ring (bicyclic) bond motifs is 2. The number of hydrogen-bond donors (Lipinski definition) is 7. The number of nitrogens with two attached hydrogens (primary N) is 2. The molecule has 12 atom stereocenters. The third-order valence-corrected chi connectivity index (χ3v) is 17.7. The Balaban J connectivity index is 0.000000326. The average Bonchev–Trinajstić information content (AvgIpc) is 1.61. The number of anilines is 2. The summed E-state index contributed by atoms with van der Waals surface area (Å²) in [4.78, 5) is 66.6. The molecule has 0 radical (unpaired) electrons. The van der Waals surface area contributed by atoms with Crippen molar-refractivity contribution in [2.24, 2.45) is 10.8 Å². The monoisotopic (exact) mass is 1470 g/mol. The number of carbonyl (C=O) groups excluding carboxylic acids is 2. The quantitative estimate of drug-likeness (QED) is 0.00930. The van der Waals surface area contributed by atoms with Crippen LogP contribution in [0.4, 0.5) is 26.1 Å². The van der Waals surface area contributed by atoms with E-state index in [0.717, 1.165) is 33.3 Å². The number of hydrogen-bond acceptors (Lipinski definition) is 23. The number of rotatable bonds is 22. The molecule has 0 aliphatic carbocycles. The Morgan fingerprint density at radius 2 is 1.08 bits per heavy atom. The van der Waals surface area contributed by atoms with Gasteiger partial charge in [0.15, 0.2) is 24.8 Å². The van der Waals surface area contributed by atoms with Crippen LogP contribution in [0.5, 0.6) is 17.2 Å². The second-order valence-corrected chi connectivity index (χ2v) is 29.1. The minimum Gasteiger partial charge on any atom is -1.00 e. The Morgan fingerprint density at radius 3 is 1.47 bits per heavy atom. The van der Waals surface area contributed by atoms with E-state index >= 15 is 4.39 Å². The maximum atomic E-state index is 15.5. The number of esters is 2. The first-order chi connectivity index (χ1) is 45.8. The summed E-state index contributed by atoms with van der Waals surface area (Å²) in [5, 5.41) is 49.0. The van der Waals surface area contributed by atoms with E-state index < -0.39 is 117 Å². The van der Waals surface area contributed by atoms with Crippen molar-refractivity contribution < 1.29 is 97.2 Å². The minimum atomic E-state index is -4.43. The van der Waals surface area contributed by atoms with Gasteiger partial charge in [0.05, 0.1) is 31.4 Å². The normalized spacial score (nSPS) is 21.9. The van der Waals surface area contributed by atoms with E-state index in [1.807, 2.05) is 90.1 Å². The number of halogens is 3. The number of unbranched alkanes of at least 4 members (excludes halogenated alkanes) is 1. The number of nitrogens with zero attached hydrogens (tertiary/aromatic N) is 5. The fourth-order valence-corrected chi connectivity index (χ4v) is 12.3. The third kappa shape index (κ3) is 23.4. The number of nitrogen functional groups attached to an aromatic ring is 2. The van der Waals surface area contributed by atoms with E-state index in [4.69, 9.17) is 53.6 Å². The van der Waals surface area contributed by atoms with E-state index in [1.165, 1.54) is 76.0 Å². The molecule has 9 rings (SSSR count). The molecule has 2 aliphatic rings. The Labute approximate surface area is 599 Å². The number of benzene rings is 5. The molecule has 2 saturated heterocycles. The number of alkyl halides is 2. The van der Waals surface area contributed by atoms with Crippen molar-refractivity contribution in [1.82, 2.24) is 29.3 Å². The number of carbonyl (C=O) groups is 2. The number of nitrogens with one attached hydrogen (secondary N) is 2. The Hall–Kier alpha value is -7.22. The summed E-state index contributed by atoms with van der Waals surface area (Å²) >= 11 is 0. The maximum Gasteiger partial charge on any atom is 2.00 e. The molecule has 0 saturated carbocycles. The van der Waals surface area contributed by atoms with E-state index in [0.29, 0.717) is 10.8 Å². The number of non-ortho nitro benzene ring substituents is 1. The van der Waals surface area contributed by atoms with Gasteiger partial charge in [0.2, 0.25) is 0 Å². The summed E-state index contributed by atoms with van der Waals surface area (Å²) in [6, 6.07) is 30.5. The van der Waals surface area contributed by atoms with Crippen molar-refractivity contribution in [2.75, 3.05) is 37.9 Å². The molecular weight excluding hydrogens is 1380 g/mol. The van der Waals surface area contributed by atoms with Gasteiger partial charge in [0.25, 0.3) is 5.69 Å². The van der Waals surface area contributed by atoms with Gasteiger partial charge in [0, 0.05) is 35.3 Å². The molecule has 4 heterocycles. The molecule has 0 spiro atoms. The number of aromatic nitrogens is 4. The van der Waals surface area contributed by atoms with Crippen molar-refractivity contribution in [2.45, 2.75) is 149 Å². The van der Waals surface area contributed by atoms with Crippen molar-refractivity contribution in [3.8, 4) is 17.2 Å². The zero-order chi connectivity index (χ0) is 72.7. The first-order valence-corrected chi connectivity index (χ1v) is 34.1. The van der Waals surface area contributed by atoms with Crippen LogP contribution in [0, 0.1) is 27.9 Å². The van der Waals surface area contributed by atoms with Gasteiger partial charge in [-0.1, -0.05) is 128 Å². The van der Waals surface area contributed by atoms with Gasteiger partial charge in [0.1, 0.15) is 64.4 Å². The zero-order valence-corrected chi connectivity index (χ0v) is 61.2. The smallest absolute Gasteiger partial charge is 1.00 e. The van der Waals surface area contributed by atoms with Crippen LogP contribution < -0.4 is 59.0 Å². The van der Waals surface area contributed by atoms with Crippen LogP contribution in [0.25, 0.3) is 21.5 Å². The van der Waals surface area contributed by atoms with Gasteiger partial charge in [-0.15, -0.1) is 0 Å². The van der Waals surface area contributed by atoms with Gasteiger partial charge in [-0.2, -0.15) is 26.6 Å². The van der Waals surface area contributed by atoms with Crippen LogP contribution >= 0.6 is 15.5 Å². The van der Waals surface area contributed by atoms with E-state index in [1.54, 1.807) is 36.4 Å². The topological polar surface area (TPSA) is 392 Å². The standard InChI is InChI=1S/C28H36FN4O8P.C24H27N2O7P.C10H14FN3O4.C4H9.ClH.Mg/c1-17(24(34)38-16-27(2,3)4)32-42(37,41-20-12-8-10-18-9-6-7-11-19(18)20)39-15-21-23(29)28(5,36)25(40-21)33-14-13-22(30)31-26(33)35;1-17(23(27)31-16-24(2,3)4)25-34(30,32-20-14-12-19(13-15-20)26(28)29)33-22-11-7-9-18-8-5-6-10-21(18)22;1-10(17)7(11)5(4-15)18-8(10)14-3-2-6(12)13-9(14)16;1-3-4-2;;/h6-14,17,21,23,25,36H,15-16H2,1-5H3,(H,32,37)(H2,30,31,35);5-15,17H,16H2,1-4H3,(H,25,30);2-3,5,7-8,15,17H,4H2,1H3,(H2,12,13,16);1,3-4H2,2H3;1H;/q;;;-1;;+2/p-1/t17-,21+,23+,25+,28+,42?;17-,34?;5-,7-,8-,10-;;;/m001.../s1. The zero-order valence-electron chi connectivity index (χ0n) is 57.3. The Kier molecular flexibility index (Phi) is 31.2. The third-order valence-electron chi connectivity index (χ3n) is 14.4. The molecule has 100 heavy (non-hydrogen) atoms. The molecule has 2 fully saturated rings. The van der Waals surface area contributed by atoms with Gasteiger partial charge in [-0.25, -0.2) is 27.5 Å². The van der Waals surface area contributed by atoms with E-state index in [-0.39, 0.29) is 94.1 Å². The number of nitro groups is 1. The predicted molar refractivity (Wildman–Crippen MR) is 368 cm³/mol. The second kappa shape index (κ2) is 36.6. The SMILES string of the molecule is C[C@@]1(O)[C@H](F)[C@@H](CO)O[C@H]1n1ccc(N)nc1=O.C[C@H](NP(=O)(OC[C@H]1O[C@@H](n2ccc(N)nc2=O)[C@](C)(O)[C@@H]1F)Oc1cccc2ccccc12)C(=O)OCC(C)(C)C.C[C@H](NP(=O)(Oc1ccc([N+](=O)[O-])cc1)Oc1cccc2ccccc12)C(=O)OCC(C)(C)C.[CH2-]CCC.[Cl-].[Mg+2]. The molecule has 9 N–H and O–H groups in total. The number of nitro benzene ring substituents is 1. The van der Waals surface area contributed by atoms with Gasteiger partial charge < -0.3 is 78.6 Å². The molecule has 2 unspecified atom stereocenters. The molecule has 2 aliphatic heterocycles. The van der Waals surface area contributed by atoms with E-state index in [9.17, 15) is 53.0 Å². The van der Waals surface area contributed by atoms with Gasteiger partial charge in [-0.05, 0) is 85.7 Å². The largest absolute Gasteiger partial charge is 2.00 e. The van der Waals surface area contributed by atoms with Crippen molar-refractivity contribution in [1.29, 1.82) is 0 Å². The number of ether oxygens (including phenoxy) is 4. The van der Waals surface area contributed by atoms with Crippen molar-refractivity contribution >= 4 is 89.4 Å². The minimum absolute atomic E-state index is 0. The molecule has 542 valence electrons. The van der Waals surface area contributed by atoms with Crippen LogP contribution in [0.15, 0.2) is 143 Å². The average molecular weight is 1470 g/mol. The second-order valence-electron chi connectivity index (χ2n) is 25.7. The molecule has 2 aromatic heterocycles. The van der Waals surface area contributed by atoms with Crippen LogP contribution in [0.2, 0.25) is 0 Å². The van der Waals surface area contributed by atoms with Crippen LogP contribution in [-0.4, -0.2) is 149 Å². The molecular formula is C66H86ClF2MgN9O19P2. The molecule has 28 nitrogen and oxygen atoms in total. The molecule has 7 aromatic rings. The number of aliphatic hydroxyl groups excluding tert-OH is 1. The summed E-state index contributed by atoms with van der Waals surface area (Å²) < 4.78 is 104. The first-order valence-electron chi connectivity index (χ1n) is 31.0. The molecule has 34 heteroatoms. The first kappa shape index (κ1) is 85.2. The fraction of sp³-hybridized carbons (Fsp3) is 0.439. The van der Waals surface area contributed by atoms with Crippen molar-refractivity contribution in [3.63, 3.8) is 0 Å². The molecule has 0 bridgehead atoms. The number of aliphatic hydroxyl groups is 3. The van der Waals surface area contributed by atoms with Crippen LogP contribution in [-0.2, 0) is 42.2 Å². The Bertz CT molecular complexity index is 4080. The predicted octanol–water partition coefficient (Wildman–Crippen LogP) is 6.67. The van der Waals surface area contributed by atoms with E-state index in [2.05, 4.69) is 34.0 Å². The van der Waals surface area contributed by atoms with Crippen LogP contribution in [0.3, 0.4) is 0 Å². The summed E-state index contributed by atoms with van der Waals surface area (Å²) in [5.74, 6) is -0.823. The fourth-order valence-electron chi connectivity index (χ4n) is 9.25. The summed E-state index contributed by atoms with van der Waals surface area (Å²) in [6.07, 6.45) is -4.54. The summed E-state index contributed by atoms with van der Waals surface area (Å²) in [5.41, 5.74) is 4.43. The summed E-state index contributed by atoms with van der Waals surface area (Å²) in [6.45, 7) is 21.4. The van der Waals surface area contributed by atoms with Gasteiger partial charge in [-0.3, -0.25) is 33.4 Å². The van der Waals surface area contributed by atoms with Crippen LogP contribution in [0.1, 0.15) is 101 Å². The molecule has 5 aromatic carbocycles. The van der Waals surface area contributed by atoms with Gasteiger partial charge >= 0.3 is 61.9 Å². The van der Waals surface area contributed by atoms with Crippen molar-refractivity contribution in [3.05, 3.63) is 172 Å². The maximum absolute atomic E-state index is 15.5. The molecule has 0 amide bonds. The summed E-state index contributed by atoms with van der Waals surface area (Å²) in [7, 11) is -8.63.